The number of nitrogens with two attached hydrogens (primary N) is 1. The molecule has 0 aliphatic carbocycles. The van der Waals surface area contributed by atoms with E-state index in [4.69, 9.17) is 10.8 Å². The van der Waals surface area contributed by atoms with Gasteiger partial charge in [0, 0.05) is 0 Å². The molecule has 0 bridgehead atoms. The van der Waals surface area contributed by atoms with Gasteiger partial charge >= 0.3 is 5.97 Å². The van der Waals surface area contributed by atoms with Crippen molar-refractivity contribution in [1.82, 2.24) is 0 Å². The fourth-order valence-electron chi connectivity index (χ4n) is 0.227. The Labute approximate surface area is 69.5 Å². The first-order valence-electron chi connectivity index (χ1n) is 3.10. The van der Waals surface area contributed by atoms with E-state index in [-0.39, 0.29) is 0 Å². The number of hydrogen-bond acceptors (Lipinski definition) is 3. The average Bonchev–Trinajstić information content (AvgIpc) is 2.41. The Morgan fingerprint density at radius 3 is 2.00 bits per heavy atom. The first kappa shape index (κ1) is 10.1. The van der Waals surface area contributed by atoms with Gasteiger partial charge in [-0.15, -0.1) is 0 Å². The molecule has 1 unspecified atom stereocenters. The van der Waals surface area contributed by atoms with Crippen molar-refractivity contribution in [2.45, 2.75) is 13.0 Å². The average molecular weight is 173 g/mol. The summed E-state index contributed by atoms with van der Waals surface area (Å²) in [5.41, 5.74) is 4.84. The maximum atomic E-state index is 9.57. The summed E-state index contributed by atoms with van der Waals surface area (Å²) in [6.45, 7) is 1.42. The molecule has 3 nitrogen and oxygen atoms in total. The van der Waals surface area contributed by atoms with Crippen molar-refractivity contribution in [2.24, 2.45) is 5.73 Å². The summed E-state index contributed by atoms with van der Waals surface area (Å²) in [5, 5.41) is 11.9. The van der Waals surface area contributed by atoms with Gasteiger partial charge < -0.3 is 10.8 Å². The third-order valence-corrected chi connectivity index (χ3v) is 1.44. The molecule has 62 valence electrons. The number of rotatable bonds is 1. The monoisotopic (exact) mass is 173 g/mol. The number of aliphatic carboxylic acids is 1. The summed E-state index contributed by atoms with van der Waals surface area (Å²) in [5.74, 6) is -0.963. The number of hydrogen-bond donors (Lipinski definition) is 2. The zero-order chi connectivity index (χ0) is 8.69. The highest BCUT2D eigenvalue weighted by Gasteiger charge is 1.99. The summed E-state index contributed by atoms with van der Waals surface area (Å²) in [6.07, 6.45) is 0. The van der Waals surface area contributed by atoms with Gasteiger partial charge in [0.2, 0.25) is 0 Å². The quantitative estimate of drug-likeness (QED) is 0.670. The lowest BCUT2D eigenvalue weighted by Crippen LogP contribution is -2.25. The van der Waals surface area contributed by atoms with Gasteiger partial charge in [-0.25, -0.2) is 0 Å². The summed E-state index contributed by atoms with van der Waals surface area (Å²) < 4.78 is 0. The van der Waals surface area contributed by atoms with Crippen molar-refractivity contribution in [3.05, 3.63) is 22.9 Å². The van der Waals surface area contributed by atoms with Crippen LogP contribution in [0.4, 0.5) is 0 Å². The topological polar surface area (TPSA) is 63.3 Å². The fraction of sp³-hybridized carbons (Fsp3) is 0.286. The molecule has 0 spiro atoms. The van der Waals surface area contributed by atoms with Gasteiger partial charge in [0.1, 0.15) is 6.04 Å². The Hall–Kier alpha value is -0.870. The van der Waals surface area contributed by atoms with Gasteiger partial charge in [0.25, 0.3) is 0 Å². The minimum atomic E-state index is -0.963. The van der Waals surface area contributed by atoms with E-state index >= 15 is 0 Å². The minimum absolute atomic E-state index is 0.731. The summed E-state index contributed by atoms with van der Waals surface area (Å²) in [7, 11) is 0. The highest BCUT2D eigenvalue weighted by atomic mass is 32.1. The summed E-state index contributed by atoms with van der Waals surface area (Å²) in [6, 6.07) is 3.31. The standard InChI is InChI=1S/C4H4S.C3H7NO2/c1-2-4-5-3-1;1-2(4)3(5)6/h1-4H;2H,4H2,1H3,(H,5,6). The number of carbonyl (C=O) groups is 1. The molecule has 0 aliphatic heterocycles. The molecular formula is C7H11NO2S. The van der Waals surface area contributed by atoms with E-state index in [1.807, 2.05) is 22.9 Å². The van der Waals surface area contributed by atoms with Gasteiger partial charge in [-0.2, -0.15) is 11.3 Å². The van der Waals surface area contributed by atoms with Gasteiger partial charge in [-0.3, -0.25) is 4.79 Å². The van der Waals surface area contributed by atoms with Crippen LogP contribution in [0.3, 0.4) is 0 Å². The molecule has 1 rings (SSSR count). The van der Waals surface area contributed by atoms with Gasteiger partial charge in [0.05, 0.1) is 0 Å². The molecule has 11 heavy (non-hydrogen) atoms. The molecule has 0 radical (unpaired) electrons. The molecule has 3 N–H and O–H groups in total. The zero-order valence-corrected chi connectivity index (χ0v) is 7.04. The van der Waals surface area contributed by atoms with Crippen LogP contribution >= 0.6 is 11.3 Å². The van der Waals surface area contributed by atoms with Gasteiger partial charge in [-0.1, -0.05) is 12.1 Å². The van der Waals surface area contributed by atoms with Crippen molar-refractivity contribution in [2.75, 3.05) is 0 Å². The van der Waals surface area contributed by atoms with E-state index in [2.05, 4.69) is 0 Å². The van der Waals surface area contributed by atoms with Crippen LogP contribution in [0, 0.1) is 0 Å². The Morgan fingerprint density at radius 1 is 1.55 bits per heavy atom. The Morgan fingerprint density at radius 2 is 1.91 bits per heavy atom. The lowest BCUT2D eigenvalue weighted by molar-refractivity contribution is -0.138. The van der Waals surface area contributed by atoms with E-state index in [1.54, 1.807) is 11.3 Å². The van der Waals surface area contributed by atoms with Crippen LogP contribution in [-0.4, -0.2) is 17.1 Å². The SMILES string of the molecule is CC(N)C(=O)O.c1ccsc1. The maximum Gasteiger partial charge on any atom is 0.320 e. The van der Waals surface area contributed by atoms with E-state index in [9.17, 15) is 4.79 Å². The van der Waals surface area contributed by atoms with Gasteiger partial charge in [0.15, 0.2) is 0 Å². The van der Waals surface area contributed by atoms with Crippen LogP contribution in [0.25, 0.3) is 0 Å². The largest absolute Gasteiger partial charge is 0.480 e. The summed E-state index contributed by atoms with van der Waals surface area (Å²) in [4.78, 5) is 9.57. The maximum absolute atomic E-state index is 9.57. The molecule has 0 aliphatic rings. The second-order valence-electron chi connectivity index (χ2n) is 1.92. The van der Waals surface area contributed by atoms with Crippen LogP contribution in [0.5, 0.6) is 0 Å². The smallest absolute Gasteiger partial charge is 0.320 e. The van der Waals surface area contributed by atoms with Crippen molar-refractivity contribution in [1.29, 1.82) is 0 Å². The van der Waals surface area contributed by atoms with E-state index in [1.165, 1.54) is 6.92 Å². The van der Waals surface area contributed by atoms with Crippen molar-refractivity contribution in [3.63, 3.8) is 0 Å². The highest BCUT2D eigenvalue weighted by Crippen LogP contribution is 1.91. The van der Waals surface area contributed by atoms with E-state index in [0.717, 1.165) is 0 Å². The first-order valence-corrected chi connectivity index (χ1v) is 4.04. The van der Waals surface area contributed by atoms with E-state index < -0.39 is 12.0 Å². The molecule has 0 saturated carbocycles. The number of thiophene rings is 1. The van der Waals surface area contributed by atoms with Gasteiger partial charge in [-0.05, 0) is 17.7 Å². The lowest BCUT2D eigenvalue weighted by Gasteiger charge is -1.90. The molecule has 1 heterocycles. The molecular weight excluding hydrogens is 162 g/mol. The van der Waals surface area contributed by atoms with Crippen molar-refractivity contribution >= 4 is 17.3 Å². The second kappa shape index (κ2) is 5.88. The minimum Gasteiger partial charge on any atom is -0.480 e. The molecule has 0 amide bonds. The fourth-order valence-corrected chi connectivity index (χ4v) is 0.680. The molecule has 1 atom stereocenters. The van der Waals surface area contributed by atoms with Crippen molar-refractivity contribution < 1.29 is 9.90 Å². The third-order valence-electron chi connectivity index (χ3n) is 0.815. The first-order chi connectivity index (χ1) is 5.14. The molecule has 1 aromatic rings. The van der Waals surface area contributed by atoms with Crippen molar-refractivity contribution in [3.8, 4) is 0 Å². The Bertz CT molecular complexity index is 167. The van der Waals surface area contributed by atoms with Crippen LogP contribution in [0.15, 0.2) is 22.9 Å². The predicted octanol–water partition coefficient (Wildman–Crippen LogP) is 1.17. The van der Waals surface area contributed by atoms with Crippen LogP contribution in [-0.2, 0) is 4.79 Å². The Kier molecular flexibility index (Phi) is 5.42. The molecule has 0 aromatic carbocycles. The van der Waals surface area contributed by atoms with E-state index in [0.29, 0.717) is 0 Å². The third kappa shape index (κ3) is 7.02. The predicted molar refractivity (Wildman–Crippen MR) is 45.6 cm³/mol. The zero-order valence-electron chi connectivity index (χ0n) is 6.23. The van der Waals surface area contributed by atoms with Crippen LogP contribution < -0.4 is 5.73 Å². The van der Waals surface area contributed by atoms with Crippen LogP contribution in [0.1, 0.15) is 6.92 Å². The molecule has 1 aromatic heterocycles. The molecule has 0 fully saturated rings. The number of carboxylic acids is 1. The Balaban J connectivity index is 0.000000183. The number of carboxylic acid groups (broad SMARTS) is 1. The normalized spacial score (nSPS) is 11.1. The molecule has 4 heteroatoms. The highest BCUT2D eigenvalue weighted by molar-refractivity contribution is 7.07. The summed E-state index contributed by atoms with van der Waals surface area (Å²) >= 11 is 1.71. The lowest BCUT2D eigenvalue weighted by atomic mass is 10.4. The molecule has 0 saturated heterocycles. The van der Waals surface area contributed by atoms with Crippen LogP contribution in [0.2, 0.25) is 0 Å². The second-order valence-corrected chi connectivity index (χ2v) is 2.74.